The van der Waals surface area contributed by atoms with Gasteiger partial charge in [0.15, 0.2) is 5.69 Å². The van der Waals surface area contributed by atoms with Crippen molar-refractivity contribution in [2.75, 3.05) is 19.4 Å². The van der Waals surface area contributed by atoms with Crippen LogP contribution in [0, 0.1) is 0 Å². The first-order valence-corrected chi connectivity index (χ1v) is 6.91. The van der Waals surface area contributed by atoms with Crippen LogP contribution in [0.2, 0.25) is 0 Å². The summed E-state index contributed by atoms with van der Waals surface area (Å²) in [5.74, 6) is -1.40. The number of nitrogens with zero attached hydrogens (tertiary/aromatic N) is 4. The van der Waals surface area contributed by atoms with Crippen molar-refractivity contribution < 1.29 is 27.5 Å². The Morgan fingerprint density at radius 1 is 1.32 bits per heavy atom. The number of alkyl halides is 3. The lowest BCUT2D eigenvalue weighted by molar-refractivity contribution is -0.274. The van der Waals surface area contributed by atoms with Crippen molar-refractivity contribution >= 4 is 17.5 Å². The van der Waals surface area contributed by atoms with Crippen molar-refractivity contribution in [2.45, 2.75) is 12.9 Å². The number of nitrogens with one attached hydrogen (secondary N) is 1. The number of aromatic nitrogens is 3. The van der Waals surface area contributed by atoms with Gasteiger partial charge in [-0.2, -0.15) is 0 Å². The molecule has 0 fully saturated rings. The van der Waals surface area contributed by atoms with Crippen LogP contribution in [0.5, 0.6) is 5.75 Å². The lowest BCUT2D eigenvalue weighted by atomic mass is 10.3. The van der Waals surface area contributed by atoms with E-state index in [4.69, 9.17) is 0 Å². The van der Waals surface area contributed by atoms with E-state index < -0.39 is 18.0 Å². The molecule has 0 radical (unpaired) electrons. The maximum absolute atomic E-state index is 12.2. The van der Waals surface area contributed by atoms with Crippen LogP contribution in [-0.4, -0.2) is 52.2 Å². The predicted octanol–water partition coefficient (Wildman–Crippen LogP) is 1.52. The second kappa shape index (κ2) is 7.20. The van der Waals surface area contributed by atoms with Gasteiger partial charge in [-0.1, -0.05) is 11.3 Å². The normalized spacial score (nSPS) is 11.1. The molecule has 0 aliphatic carbocycles. The highest BCUT2D eigenvalue weighted by atomic mass is 19.4. The maximum Gasteiger partial charge on any atom is 0.573 e. The Bertz CT molecular complexity index is 773. The van der Waals surface area contributed by atoms with Gasteiger partial charge in [-0.3, -0.25) is 9.59 Å². The molecule has 0 spiro atoms. The maximum atomic E-state index is 12.2. The monoisotopic (exact) mass is 357 g/mol. The van der Waals surface area contributed by atoms with E-state index in [1.807, 2.05) is 0 Å². The van der Waals surface area contributed by atoms with Gasteiger partial charge in [0.05, 0.1) is 6.20 Å². The molecule has 0 aliphatic heterocycles. The van der Waals surface area contributed by atoms with Gasteiger partial charge in [0.2, 0.25) is 5.91 Å². The molecule has 2 amide bonds. The molecule has 0 atom stereocenters. The predicted molar refractivity (Wildman–Crippen MR) is 79.8 cm³/mol. The minimum absolute atomic E-state index is 0.0886. The van der Waals surface area contributed by atoms with Crippen molar-refractivity contribution in [3.05, 3.63) is 36.2 Å². The molecule has 134 valence electrons. The number of likely N-dealkylation sites (N-methyl/N-ethyl adjacent to an activating group) is 1. The van der Waals surface area contributed by atoms with E-state index >= 15 is 0 Å². The molecule has 8 nitrogen and oxygen atoms in total. The molecule has 0 saturated heterocycles. The summed E-state index contributed by atoms with van der Waals surface area (Å²) < 4.78 is 41.6. The van der Waals surface area contributed by atoms with Gasteiger partial charge < -0.3 is 15.0 Å². The SMILES string of the molecule is CN(C)C(=O)Cn1cc(C(=O)Nc2cccc(OC(F)(F)F)c2)nn1. The Hall–Kier alpha value is -3.11. The zero-order valence-electron chi connectivity index (χ0n) is 13.2. The fourth-order valence-corrected chi connectivity index (χ4v) is 1.73. The Labute approximate surface area is 140 Å². The van der Waals surface area contributed by atoms with Gasteiger partial charge in [-0.05, 0) is 12.1 Å². The van der Waals surface area contributed by atoms with Crippen LogP contribution >= 0.6 is 0 Å². The Kier molecular flexibility index (Phi) is 5.25. The fraction of sp³-hybridized carbons (Fsp3) is 0.286. The van der Waals surface area contributed by atoms with E-state index in [2.05, 4.69) is 20.4 Å². The molecule has 25 heavy (non-hydrogen) atoms. The summed E-state index contributed by atoms with van der Waals surface area (Å²) in [7, 11) is 3.14. The molecule has 1 N–H and O–H groups in total. The summed E-state index contributed by atoms with van der Waals surface area (Å²) in [6, 6.07) is 4.81. The number of carbonyl (C=O) groups is 2. The molecule has 0 unspecified atom stereocenters. The van der Waals surface area contributed by atoms with Crippen molar-refractivity contribution in [1.29, 1.82) is 0 Å². The fourth-order valence-electron chi connectivity index (χ4n) is 1.73. The highest BCUT2D eigenvalue weighted by molar-refractivity contribution is 6.02. The average Bonchev–Trinajstić information content (AvgIpc) is 2.94. The van der Waals surface area contributed by atoms with Gasteiger partial charge in [-0.15, -0.1) is 18.3 Å². The van der Waals surface area contributed by atoms with Crippen molar-refractivity contribution in [3.8, 4) is 5.75 Å². The molecule has 0 bridgehead atoms. The van der Waals surface area contributed by atoms with Gasteiger partial charge >= 0.3 is 6.36 Å². The van der Waals surface area contributed by atoms with E-state index in [9.17, 15) is 22.8 Å². The number of rotatable bonds is 5. The number of hydrogen-bond acceptors (Lipinski definition) is 5. The number of carbonyl (C=O) groups excluding carboxylic acids is 2. The van der Waals surface area contributed by atoms with Crippen LogP contribution < -0.4 is 10.1 Å². The Balaban J connectivity index is 2.04. The van der Waals surface area contributed by atoms with E-state index in [1.54, 1.807) is 14.1 Å². The minimum Gasteiger partial charge on any atom is -0.406 e. The lowest BCUT2D eigenvalue weighted by Crippen LogP contribution is -2.26. The Morgan fingerprint density at radius 3 is 2.68 bits per heavy atom. The number of ether oxygens (including phenoxy) is 1. The Morgan fingerprint density at radius 2 is 2.04 bits per heavy atom. The quantitative estimate of drug-likeness (QED) is 0.876. The second-order valence-electron chi connectivity index (χ2n) is 5.12. The van der Waals surface area contributed by atoms with E-state index in [0.29, 0.717) is 0 Å². The molecule has 0 saturated carbocycles. The van der Waals surface area contributed by atoms with Crippen LogP contribution in [0.1, 0.15) is 10.5 Å². The third-order valence-electron chi connectivity index (χ3n) is 2.89. The van der Waals surface area contributed by atoms with Gasteiger partial charge in [-0.25, -0.2) is 4.68 Å². The van der Waals surface area contributed by atoms with E-state index in [0.717, 1.165) is 12.1 Å². The van der Waals surface area contributed by atoms with Crippen molar-refractivity contribution in [3.63, 3.8) is 0 Å². The molecule has 1 aromatic carbocycles. The second-order valence-corrected chi connectivity index (χ2v) is 5.12. The summed E-state index contributed by atoms with van der Waals surface area (Å²) in [6.45, 7) is -0.0951. The van der Waals surface area contributed by atoms with Crippen LogP contribution in [0.4, 0.5) is 18.9 Å². The number of halogens is 3. The summed E-state index contributed by atoms with van der Waals surface area (Å²) >= 11 is 0. The van der Waals surface area contributed by atoms with Crippen molar-refractivity contribution in [2.24, 2.45) is 0 Å². The van der Waals surface area contributed by atoms with E-state index in [1.165, 1.54) is 27.9 Å². The molecule has 1 aromatic heterocycles. The number of anilines is 1. The molecule has 0 aliphatic rings. The van der Waals surface area contributed by atoms with Crippen molar-refractivity contribution in [1.82, 2.24) is 19.9 Å². The highest BCUT2D eigenvalue weighted by Gasteiger charge is 2.31. The number of benzene rings is 1. The summed E-state index contributed by atoms with van der Waals surface area (Å²) in [4.78, 5) is 25.0. The molecular weight excluding hydrogens is 343 g/mol. The lowest BCUT2D eigenvalue weighted by Gasteiger charge is -2.10. The molecule has 2 aromatic rings. The number of hydrogen-bond donors (Lipinski definition) is 1. The highest BCUT2D eigenvalue weighted by Crippen LogP contribution is 2.25. The first-order valence-electron chi connectivity index (χ1n) is 6.91. The molecule has 2 rings (SSSR count). The standard InChI is InChI=1S/C14H14F3N5O3/c1-21(2)12(23)8-22-7-11(19-20-22)13(24)18-9-4-3-5-10(6-9)25-14(15,16)17/h3-7H,8H2,1-2H3,(H,18,24). The van der Waals surface area contributed by atoms with Gasteiger partial charge in [0.25, 0.3) is 5.91 Å². The number of amides is 2. The van der Waals surface area contributed by atoms with Gasteiger partial charge in [0.1, 0.15) is 12.3 Å². The third-order valence-corrected chi connectivity index (χ3v) is 2.89. The first kappa shape index (κ1) is 18.2. The summed E-state index contributed by atoms with van der Waals surface area (Å²) in [6.07, 6.45) is -3.57. The zero-order chi connectivity index (χ0) is 18.6. The topological polar surface area (TPSA) is 89.4 Å². The largest absolute Gasteiger partial charge is 0.573 e. The summed E-state index contributed by atoms with van der Waals surface area (Å²) in [5.41, 5.74) is -0.000586. The smallest absolute Gasteiger partial charge is 0.406 e. The first-order chi connectivity index (χ1) is 11.6. The molecular formula is C14H14F3N5O3. The van der Waals surface area contributed by atoms with Crippen LogP contribution in [0.15, 0.2) is 30.5 Å². The molecule has 11 heteroatoms. The van der Waals surface area contributed by atoms with Crippen LogP contribution in [-0.2, 0) is 11.3 Å². The summed E-state index contributed by atoms with van der Waals surface area (Å²) in [5, 5.41) is 9.65. The van der Waals surface area contributed by atoms with E-state index in [-0.39, 0.29) is 23.8 Å². The zero-order valence-corrected chi connectivity index (χ0v) is 13.2. The van der Waals surface area contributed by atoms with Gasteiger partial charge in [0, 0.05) is 25.8 Å². The molecule has 1 heterocycles. The third kappa shape index (κ3) is 5.48. The van der Waals surface area contributed by atoms with Crippen LogP contribution in [0.3, 0.4) is 0 Å². The minimum atomic E-state index is -4.83. The van der Waals surface area contributed by atoms with Crippen LogP contribution in [0.25, 0.3) is 0 Å². The average molecular weight is 357 g/mol.